The minimum absolute atomic E-state index is 0.180. The average molecular weight is 241 g/mol. The first-order valence-electron chi connectivity index (χ1n) is 5.75. The Kier molecular flexibility index (Phi) is 2.61. The molecule has 3 rings (SSSR count). The first kappa shape index (κ1) is 11.0. The number of rotatable bonds is 2. The highest BCUT2D eigenvalue weighted by atomic mass is 19.1. The molecule has 2 N–H and O–H groups in total. The van der Waals surface area contributed by atoms with Gasteiger partial charge in [0, 0.05) is 23.1 Å². The lowest BCUT2D eigenvalue weighted by Gasteiger charge is -2.02. The van der Waals surface area contributed by atoms with E-state index >= 15 is 0 Å². The molecule has 0 fully saturated rings. The second-order valence-corrected chi connectivity index (χ2v) is 4.16. The summed E-state index contributed by atoms with van der Waals surface area (Å²) in [5.74, 6) is 0.447. The molecule has 0 amide bonds. The summed E-state index contributed by atoms with van der Waals surface area (Å²) in [5, 5.41) is 1.03. The molecule has 0 saturated carbocycles. The Hall–Kier alpha value is -2.13. The Morgan fingerprint density at radius 2 is 1.89 bits per heavy atom. The van der Waals surface area contributed by atoms with Crippen molar-refractivity contribution in [2.24, 2.45) is 5.73 Å². The summed E-state index contributed by atoms with van der Waals surface area (Å²) in [6.45, 7) is 0.180. The number of fused-ring (bicyclic) bond motifs is 1. The normalized spacial score (nSPS) is 11.0. The summed E-state index contributed by atoms with van der Waals surface area (Å²) in [6.07, 6.45) is 0. The first-order valence-corrected chi connectivity index (χ1v) is 5.75. The van der Waals surface area contributed by atoms with Crippen LogP contribution < -0.4 is 5.73 Å². The molecule has 0 saturated heterocycles. The number of hydrogen-bond acceptors (Lipinski definition) is 2. The van der Waals surface area contributed by atoms with Gasteiger partial charge in [0.1, 0.15) is 17.2 Å². The summed E-state index contributed by atoms with van der Waals surface area (Å²) in [6, 6.07) is 14.6. The Balaban J connectivity index is 2.13. The van der Waals surface area contributed by atoms with Gasteiger partial charge in [0.05, 0.1) is 0 Å². The minimum atomic E-state index is -0.280. The molecular formula is C15H12FNO. The number of benzene rings is 2. The molecule has 90 valence electrons. The molecule has 3 heteroatoms. The Morgan fingerprint density at radius 3 is 2.67 bits per heavy atom. The highest BCUT2D eigenvalue weighted by Gasteiger charge is 2.08. The molecule has 18 heavy (non-hydrogen) atoms. The van der Waals surface area contributed by atoms with E-state index in [1.54, 1.807) is 12.1 Å². The summed E-state index contributed by atoms with van der Waals surface area (Å²) in [7, 11) is 0. The van der Waals surface area contributed by atoms with Crippen LogP contribution in [-0.2, 0) is 6.54 Å². The highest BCUT2D eigenvalue weighted by Crippen LogP contribution is 2.28. The number of hydrogen-bond donors (Lipinski definition) is 1. The largest absolute Gasteiger partial charge is 0.456 e. The Morgan fingerprint density at radius 1 is 1.06 bits per heavy atom. The van der Waals surface area contributed by atoms with Crippen LogP contribution in [0.2, 0.25) is 0 Å². The van der Waals surface area contributed by atoms with Crippen molar-refractivity contribution < 1.29 is 8.81 Å². The van der Waals surface area contributed by atoms with E-state index < -0.39 is 0 Å². The standard InChI is InChI=1S/C15H12FNO/c16-13-6-5-11(7-12(13)9-17)15-8-10-3-1-2-4-14(10)18-15/h1-8H,9,17H2. The third kappa shape index (κ3) is 1.79. The van der Waals surface area contributed by atoms with Crippen LogP contribution >= 0.6 is 0 Å². The van der Waals surface area contributed by atoms with Crippen molar-refractivity contribution in [2.75, 3.05) is 0 Å². The van der Waals surface area contributed by atoms with Crippen molar-refractivity contribution in [3.05, 3.63) is 59.9 Å². The van der Waals surface area contributed by atoms with Crippen molar-refractivity contribution in [3.63, 3.8) is 0 Å². The van der Waals surface area contributed by atoms with Crippen molar-refractivity contribution in [2.45, 2.75) is 6.54 Å². The highest BCUT2D eigenvalue weighted by molar-refractivity contribution is 5.82. The average Bonchev–Trinajstić information content (AvgIpc) is 2.83. The van der Waals surface area contributed by atoms with Crippen LogP contribution in [0, 0.1) is 5.82 Å². The van der Waals surface area contributed by atoms with Gasteiger partial charge in [-0.25, -0.2) is 4.39 Å². The van der Waals surface area contributed by atoms with Gasteiger partial charge in [-0.1, -0.05) is 18.2 Å². The van der Waals surface area contributed by atoms with Crippen LogP contribution in [0.5, 0.6) is 0 Å². The monoisotopic (exact) mass is 241 g/mol. The lowest BCUT2D eigenvalue weighted by atomic mass is 10.1. The summed E-state index contributed by atoms with van der Waals surface area (Å²) < 4.78 is 19.1. The van der Waals surface area contributed by atoms with E-state index in [1.165, 1.54) is 6.07 Å². The smallest absolute Gasteiger partial charge is 0.135 e. The van der Waals surface area contributed by atoms with Crippen molar-refractivity contribution in [1.29, 1.82) is 0 Å². The molecule has 0 aliphatic carbocycles. The van der Waals surface area contributed by atoms with Crippen molar-refractivity contribution >= 4 is 11.0 Å². The Labute approximate surface area is 104 Å². The van der Waals surface area contributed by atoms with Crippen LogP contribution in [0.3, 0.4) is 0 Å². The number of nitrogens with two attached hydrogens (primary N) is 1. The van der Waals surface area contributed by atoms with E-state index in [1.807, 2.05) is 30.3 Å². The first-order chi connectivity index (χ1) is 8.78. The van der Waals surface area contributed by atoms with Crippen LogP contribution in [0.25, 0.3) is 22.3 Å². The molecule has 2 aromatic carbocycles. The van der Waals surface area contributed by atoms with Gasteiger partial charge in [-0.05, 0) is 30.3 Å². The van der Waals surface area contributed by atoms with E-state index in [9.17, 15) is 4.39 Å². The minimum Gasteiger partial charge on any atom is -0.456 e. The maximum Gasteiger partial charge on any atom is 0.135 e. The van der Waals surface area contributed by atoms with Gasteiger partial charge < -0.3 is 10.2 Å². The third-order valence-corrected chi connectivity index (χ3v) is 2.98. The Bertz CT molecular complexity index is 670. The van der Waals surface area contributed by atoms with Gasteiger partial charge in [-0.3, -0.25) is 0 Å². The molecule has 0 radical (unpaired) electrons. The molecule has 1 aromatic heterocycles. The fraction of sp³-hybridized carbons (Fsp3) is 0.0667. The predicted octanol–water partition coefficient (Wildman–Crippen LogP) is 3.70. The second-order valence-electron chi connectivity index (χ2n) is 4.16. The van der Waals surface area contributed by atoms with Crippen molar-refractivity contribution in [3.8, 4) is 11.3 Å². The fourth-order valence-corrected chi connectivity index (χ4v) is 2.01. The van der Waals surface area contributed by atoms with Crippen LogP contribution in [0.15, 0.2) is 52.9 Å². The zero-order chi connectivity index (χ0) is 12.5. The van der Waals surface area contributed by atoms with Gasteiger partial charge in [-0.15, -0.1) is 0 Å². The maximum absolute atomic E-state index is 13.4. The molecule has 0 aliphatic heterocycles. The number of halogens is 1. The lowest BCUT2D eigenvalue weighted by molar-refractivity contribution is 0.608. The summed E-state index contributed by atoms with van der Waals surface area (Å²) in [5.41, 5.74) is 7.66. The SMILES string of the molecule is NCc1cc(-c2cc3ccccc3o2)ccc1F. The topological polar surface area (TPSA) is 39.2 Å². The van der Waals surface area contributed by atoms with Crippen LogP contribution in [-0.4, -0.2) is 0 Å². The zero-order valence-corrected chi connectivity index (χ0v) is 9.69. The van der Waals surface area contributed by atoms with Gasteiger partial charge in [0.25, 0.3) is 0 Å². The molecule has 0 aliphatic rings. The van der Waals surface area contributed by atoms with E-state index in [0.717, 1.165) is 22.3 Å². The van der Waals surface area contributed by atoms with E-state index in [4.69, 9.17) is 10.2 Å². The van der Waals surface area contributed by atoms with Crippen LogP contribution in [0.1, 0.15) is 5.56 Å². The van der Waals surface area contributed by atoms with Gasteiger partial charge in [0.15, 0.2) is 0 Å². The van der Waals surface area contributed by atoms with Gasteiger partial charge >= 0.3 is 0 Å². The summed E-state index contributed by atoms with van der Waals surface area (Å²) in [4.78, 5) is 0. The van der Waals surface area contributed by atoms with Gasteiger partial charge in [-0.2, -0.15) is 0 Å². The van der Waals surface area contributed by atoms with E-state index in [-0.39, 0.29) is 12.4 Å². The zero-order valence-electron chi connectivity index (χ0n) is 9.69. The lowest BCUT2D eigenvalue weighted by Crippen LogP contribution is -1.99. The molecule has 2 nitrogen and oxygen atoms in total. The van der Waals surface area contributed by atoms with Crippen molar-refractivity contribution in [1.82, 2.24) is 0 Å². The van der Waals surface area contributed by atoms with Gasteiger partial charge in [0.2, 0.25) is 0 Å². The van der Waals surface area contributed by atoms with Crippen LogP contribution in [0.4, 0.5) is 4.39 Å². The summed E-state index contributed by atoms with van der Waals surface area (Å²) >= 11 is 0. The maximum atomic E-state index is 13.4. The molecule has 3 aromatic rings. The molecule has 0 atom stereocenters. The molecular weight excluding hydrogens is 229 g/mol. The third-order valence-electron chi connectivity index (χ3n) is 2.98. The number of furan rings is 1. The molecule has 0 bridgehead atoms. The molecule has 0 spiro atoms. The predicted molar refractivity (Wildman–Crippen MR) is 69.5 cm³/mol. The molecule has 1 heterocycles. The second kappa shape index (κ2) is 4.27. The van der Waals surface area contributed by atoms with E-state index in [2.05, 4.69) is 0 Å². The fourth-order valence-electron chi connectivity index (χ4n) is 2.01. The van der Waals surface area contributed by atoms with E-state index in [0.29, 0.717) is 5.56 Å². The molecule has 0 unspecified atom stereocenters. The number of para-hydroxylation sites is 1. The quantitative estimate of drug-likeness (QED) is 0.743.